The van der Waals surface area contributed by atoms with Crippen molar-refractivity contribution in [2.24, 2.45) is 0 Å². The van der Waals surface area contributed by atoms with Crippen LogP contribution in [0.2, 0.25) is 0 Å². The maximum Gasteiger partial charge on any atom is 0.321 e. The standard InChI is InChI=1S/C13H17N5OS/c1-3-5-11-17-18-13(20-11)16-12(19)14-8-10-7-4-6-9(2)15-10/h4,6-7H,3,5,8H2,1-2H3,(H2,14,16,18,19). The summed E-state index contributed by atoms with van der Waals surface area (Å²) >= 11 is 1.40. The van der Waals surface area contributed by atoms with Crippen molar-refractivity contribution in [1.82, 2.24) is 20.5 Å². The van der Waals surface area contributed by atoms with Gasteiger partial charge in [0, 0.05) is 12.1 Å². The van der Waals surface area contributed by atoms with Crippen molar-refractivity contribution in [3.63, 3.8) is 0 Å². The summed E-state index contributed by atoms with van der Waals surface area (Å²) < 4.78 is 0. The van der Waals surface area contributed by atoms with Crippen LogP contribution in [0.3, 0.4) is 0 Å². The molecule has 2 rings (SSSR count). The van der Waals surface area contributed by atoms with E-state index in [2.05, 4.69) is 32.7 Å². The van der Waals surface area contributed by atoms with Crippen LogP contribution in [0, 0.1) is 6.92 Å². The van der Waals surface area contributed by atoms with E-state index in [0.29, 0.717) is 11.7 Å². The Hall–Kier alpha value is -2.02. The second-order valence-electron chi connectivity index (χ2n) is 4.33. The fourth-order valence-electron chi connectivity index (χ4n) is 1.63. The molecule has 6 nitrogen and oxygen atoms in total. The molecule has 0 saturated heterocycles. The Bertz CT molecular complexity index is 584. The Labute approximate surface area is 121 Å². The van der Waals surface area contributed by atoms with Crippen molar-refractivity contribution in [1.29, 1.82) is 0 Å². The molecule has 0 aliphatic carbocycles. The highest BCUT2D eigenvalue weighted by Crippen LogP contribution is 2.16. The monoisotopic (exact) mass is 291 g/mol. The zero-order chi connectivity index (χ0) is 14.4. The van der Waals surface area contributed by atoms with Crippen molar-refractivity contribution in [3.05, 3.63) is 34.6 Å². The lowest BCUT2D eigenvalue weighted by Crippen LogP contribution is -2.28. The van der Waals surface area contributed by atoms with Gasteiger partial charge in [0.05, 0.1) is 12.2 Å². The number of nitrogens with zero attached hydrogens (tertiary/aromatic N) is 3. The van der Waals surface area contributed by atoms with Gasteiger partial charge in [-0.15, -0.1) is 10.2 Å². The van der Waals surface area contributed by atoms with Gasteiger partial charge < -0.3 is 5.32 Å². The first-order valence-corrected chi connectivity index (χ1v) is 7.29. The van der Waals surface area contributed by atoms with Crippen molar-refractivity contribution in [2.45, 2.75) is 33.2 Å². The maximum absolute atomic E-state index is 11.7. The molecule has 0 bridgehead atoms. The maximum atomic E-state index is 11.7. The number of nitrogens with one attached hydrogen (secondary N) is 2. The van der Waals surface area contributed by atoms with Crippen molar-refractivity contribution < 1.29 is 4.79 Å². The normalized spacial score (nSPS) is 10.3. The average Bonchev–Trinajstić information content (AvgIpc) is 2.84. The molecule has 0 aliphatic heterocycles. The third kappa shape index (κ3) is 4.27. The Morgan fingerprint density at radius 2 is 2.20 bits per heavy atom. The summed E-state index contributed by atoms with van der Waals surface area (Å²) in [5.74, 6) is 0. The van der Waals surface area contributed by atoms with Crippen LogP contribution in [0.15, 0.2) is 18.2 Å². The first-order valence-electron chi connectivity index (χ1n) is 6.47. The van der Waals surface area contributed by atoms with E-state index in [4.69, 9.17) is 0 Å². The Morgan fingerprint density at radius 3 is 2.95 bits per heavy atom. The minimum absolute atomic E-state index is 0.299. The molecule has 0 radical (unpaired) electrons. The van der Waals surface area contributed by atoms with Gasteiger partial charge in [0.25, 0.3) is 0 Å². The van der Waals surface area contributed by atoms with Gasteiger partial charge in [-0.2, -0.15) is 0 Å². The fraction of sp³-hybridized carbons (Fsp3) is 0.385. The van der Waals surface area contributed by atoms with E-state index >= 15 is 0 Å². The summed E-state index contributed by atoms with van der Waals surface area (Å²) in [5.41, 5.74) is 1.75. The fourth-order valence-corrected chi connectivity index (χ4v) is 2.47. The van der Waals surface area contributed by atoms with Crippen LogP contribution >= 0.6 is 11.3 Å². The molecule has 0 aromatic carbocycles. The minimum Gasteiger partial charge on any atom is -0.332 e. The number of pyridine rings is 1. The van der Waals surface area contributed by atoms with Crippen molar-refractivity contribution in [2.75, 3.05) is 5.32 Å². The van der Waals surface area contributed by atoms with Crippen LogP contribution in [0.25, 0.3) is 0 Å². The predicted molar refractivity (Wildman–Crippen MR) is 78.7 cm³/mol. The summed E-state index contributed by atoms with van der Waals surface area (Å²) in [7, 11) is 0. The van der Waals surface area contributed by atoms with E-state index in [-0.39, 0.29) is 6.03 Å². The molecule has 0 atom stereocenters. The molecule has 2 aromatic rings. The second kappa shape index (κ2) is 6.95. The van der Waals surface area contributed by atoms with Crippen LogP contribution in [0.5, 0.6) is 0 Å². The van der Waals surface area contributed by atoms with Gasteiger partial charge in [-0.1, -0.05) is 24.3 Å². The Kier molecular flexibility index (Phi) is 5.00. The number of amides is 2. The van der Waals surface area contributed by atoms with Gasteiger partial charge in [0.2, 0.25) is 5.13 Å². The molecule has 2 amide bonds. The lowest BCUT2D eigenvalue weighted by atomic mass is 10.3. The zero-order valence-corrected chi connectivity index (χ0v) is 12.3. The summed E-state index contributed by atoms with van der Waals surface area (Å²) in [6, 6.07) is 5.41. The molecule has 0 fully saturated rings. The van der Waals surface area contributed by atoms with Gasteiger partial charge in [0.1, 0.15) is 5.01 Å². The molecule has 0 saturated carbocycles. The third-order valence-corrected chi connectivity index (χ3v) is 3.43. The number of hydrogen-bond acceptors (Lipinski definition) is 5. The lowest BCUT2D eigenvalue weighted by molar-refractivity contribution is 0.251. The number of anilines is 1. The van der Waals surface area contributed by atoms with Gasteiger partial charge in [-0.3, -0.25) is 10.3 Å². The molecule has 2 aromatic heterocycles. The Morgan fingerprint density at radius 1 is 1.35 bits per heavy atom. The average molecular weight is 291 g/mol. The first kappa shape index (κ1) is 14.4. The lowest BCUT2D eigenvalue weighted by Gasteiger charge is -2.05. The third-order valence-electron chi connectivity index (χ3n) is 2.53. The molecule has 2 heterocycles. The molecule has 0 spiro atoms. The highest BCUT2D eigenvalue weighted by Gasteiger charge is 2.07. The number of urea groups is 1. The van der Waals surface area contributed by atoms with Crippen LogP contribution in [0.4, 0.5) is 9.93 Å². The zero-order valence-electron chi connectivity index (χ0n) is 11.5. The second-order valence-corrected chi connectivity index (χ2v) is 5.39. The van der Waals surface area contributed by atoms with Crippen LogP contribution < -0.4 is 10.6 Å². The smallest absolute Gasteiger partial charge is 0.321 e. The van der Waals surface area contributed by atoms with Crippen LogP contribution in [-0.2, 0) is 13.0 Å². The van der Waals surface area contributed by atoms with E-state index in [1.165, 1.54) is 11.3 Å². The molecular weight excluding hydrogens is 274 g/mol. The number of hydrogen-bond donors (Lipinski definition) is 2. The largest absolute Gasteiger partial charge is 0.332 e. The number of carbonyl (C=O) groups is 1. The highest BCUT2D eigenvalue weighted by molar-refractivity contribution is 7.15. The molecule has 2 N–H and O–H groups in total. The van der Waals surface area contributed by atoms with E-state index in [9.17, 15) is 4.79 Å². The van der Waals surface area contributed by atoms with E-state index in [0.717, 1.165) is 29.2 Å². The van der Waals surface area contributed by atoms with Gasteiger partial charge in [0.15, 0.2) is 0 Å². The molecule has 0 aliphatic rings. The summed E-state index contributed by atoms with van der Waals surface area (Å²) in [6.45, 7) is 4.38. The summed E-state index contributed by atoms with van der Waals surface area (Å²) in [5, 5.41) is 14.8. The SMILES string of the molecule is CCCc1nnc(NC(=O)NCc2cccc(C)n2)s1. The first-order chi connectivity index (χ1) is 9.67. The van der Waals surface area contributed by atoms with Gasteiger partial charge in [-0.05, 0) is 25.5 Å². The highest BCUT2D eigenvalue weighted by atomic mass is 32.1. The van der Waals surface area contributed by atoms with Gasteiger partial charge in [-0.25, -0.2) is 4.79 Å². The molecule has 0 unspecified atom stereocenters. The Balaban J connectivity index is 1.82. The predicted octanol–water partition coefficient (Wildman–Crippen LogP) is 2.52. The van der Waals surface area contributed by atoms with Crippen LogP contribution in [0.1, 0.15) is 29.7 Å². The van der Waals surface area contributed by atoms with E-state index in [1.807, 2.05) is 25.1 Å². The van der Waals surface area contributed by atoms with Crippen molar-refractivity contribution in [3.8, 4) is 0 Å². The van der Waals surface area contributed by atoms with E-state index < -0.39 is 0 Å². The molecule has 7 heteroatoms. The van der Waals surface area contributed by atoms with Gasteiger partial charge >= 0.3 is 6.03 Å². The summed E-state index contributed by atoms with van der Waals surface area (Å²) in [6.07, 6.45) is 1.90. The van der Waals surface area contributed by atoms with Crippen LogP contribution in [-0.4, -0.2) is 21.2 Å². The quantitative estimate of drug-likeness (QED) is 0.887. The summed E-state index contributed by atoms with van der Waals surface area (Å²) in [4.78, 5) is 16.0. The minimum atomic E-state index is -0.299. The topological polar surface area (TPSA) is 79.8 Å². The molecule has 106 valence electrons. The van der Waals surface area contributed by atoms with E-state index in [1.54, 1.807) is 0 Å². The van der Waals surface area contributed by atoms with Crippen molar-refractivity contribution >= 4 is 22.5 Å². The number of carbonyl (C=O) groups excluding carboxylic acids is 1. The number of aryl methyl sites for hydroxylation is 2. The molecular formula is C13H17N5OS. The number of aromatic nitrogens is 3. The number of rotatable bonds is 5. The molecule has 20 heavy (non-hydrogen) atoms.